The van der Waals surface area contributed by atoms with Gasteiger partial charge in [0.15, 0.2) is 12.4 Å². The summed E-state index contributed by atoms with van der Waals surface area (Å²) in [7, 11) is 0. The summed E-state index contributed by atoms with van der Waals surface area (Å²) >= 11 is 3.33. The second-order valence-electron chi connectivity index (χ2n) is 8.41. The molecule has 1 aromatic carbocycles. The molecule has 0 spiro atoms. The molecule has 0 aliphatic carbocycles. The molecule has 1 rings (SSSR count). The van der Waals surface area contributed by atoms with Crippen LogP contribution in [0.15, 0.2) is 28.7 Å². The van der Waals surface area contributed by atoms with Crippen molar-refractivity contribution in [1.29, 1.82) is 0 Å². The third-order valence-corrected chi connectivity index (χ3v) is 5.72. The molecule has 0 atom stereocenters. The summed E-state index contributed by atoms with van der Waals surface area (Å²) in [4.78, 5) is 23.7. The van der Waals surface area contributed by atoms with Crippen molar-refractivity contribution in [2.75, 3.05) is 6.61 Å². The number of ether oxygens (including phenoxy) is 1. The maximum Gasteiger partial charge on any atom is 0.306 e. The Balaban J connectivity index is 1.89. The molecule has 0 N–H and O–H groups in total. The molecule has 0 aliphatic rings. The maximum atomic E-state index is 12.0. The lowest BCUT2D eigenvalue weighted by molar-refractivity contribution is -0.142. The molecule has 0 heterocycles. The first kappa shape index (κ1) is 25.9. The van der Waals surface area contributed by atoms with Gasteiger partial charge < -0.3 is 4.74 Å². The van der Waals surface area contributed by atoms with Gasteiger partial charge in [-0.2, -0.15) is 0 Å². The number of Topliss-reactive ketones (excluding diaryl/α,β-unsaturated/α-hetero) is 1. The van der Waals surface area contributed by atoms with Gasteiger partial charge >= 0.3 is 5.97 Å². The molecule has 0 aliphatic heterocycles. The number of hydrogen-bond acceptors (Lipinski definition) is 3. The van der Waals surface area contributed by atoms with Crippen LogP contribution in [0.5, 0.6) is 0 Å². The number of hydrogen-bond donors (Lipinski definition) is 0. The average Bonchev–Trinajstić information content (AvgIpc) is 2.70. The van der Waals surface area contributed by atoms with Crippen LogP contribution >= 0.6 is 15.9 Å². The summed E-state index contributed by atoms with van der Waals surface area (Å²) < 4.78 is 6.02. The SMILES string of the molecule is CC(C)CCCCCCCCCCCCCC(=O)OCC(=O)c1ccc(Br)cc1. The standard InChI is InChI=1S/C25H39BrO3/c1-21(2)14-12-10-8-6-4-3-5-7-9-11-13-15-25(28)29-20-24(27)22-16-18-23(26)19-17-22/h16-19,21H,3-15,20H2,1-2H3. The zero-order chi connectivity index (χ0) is 21.3. The largest absolute Gasteiger partial charge is 0.457 e. The van der Waals surface area contributed by atoms with Gasteiger partial charge in [0.1, 0.15) is 0 Å². The monoisotopic (exact) mass is 466 g/mol. The van der Waals surface area contributed by atoms with Crippen LogP contribution in [-0.2, 0) is 9.53 Å². The predicted octanol–water partition coefficient (Wildman–Crippen LogP) is 7.90. The summed E-state index contributed by atoms with van der Waals surface area (Å²) in [5.41, 5.74) is 0.566. The lowest BCUT2D eigenvalue weighted by atomic mass is 10.0. The number of benzene rings is 1. The zero-order valence-electron chi connectivity index (χ0n) is 18.4. The van der Waals surface area contributed by atoms with Gasteiger partial charge in [-0.05, 0) is 24.5 Å². The highest BCUT2D eigenvalue weighted by atomic mass is 79.9. The molecule has 0 saturated heterocycles. The first-order valence-corrected chi connectivity index (χ1v) is 12.2. The van der Waals surface area contributed by atoms with Crippen LogP contribution in [-0.4, -0.2) is 18.4 Å². The number of unbranched alkanes of at least 4 members (excludes halogenated alkanes) is 10. The lowest BCUT2D eigenvalue weighted by Gasteiger charge is -2.05. The Morgan fingerprint density at radius 2 is 1.28 bits per heavy atom. The van der Waals surface area contributed by atoms with E-state index in [-0.39, 0.29) is 18.4 Å². The highest BCUT2D eigenvalue weighted by Gasteiger charge is 2.09. The zero-order valence-corrected chi connectivity index (χ0v) is 20.0. The Hall–Kier alpha value is -1.16. The number of rotatable bonds is 17. The van der Waals surface area contributed by atoms with Crippen molar-refractivity contribution >= 4 is 27.7 Å². The van der Waals surface area contributed by atoms with Gasteiger partial charge in [0.2, 0.25) is 0 Å². The van der Waals surface area contributed by atoms with Crippen LogP contribution in [0.25, 0.3) is 0 Å². The Bertz CT molecular complexity index is 566. The van der Waals surface area contributed by atoms with E-state index < -0.39 is 0 Å². The topological polar surface area (TPSA) is 43.4 Å². The number of esters is 1. The van der Waals surface area contributed by atoms with E-state index in [0.29, 0.717) is 12.0 Å². The Morgan fingerprint density at radius 1 is 0.793 bits per heavy atom. The molecule has 0 saturated carbocycles. The smallest absolute Gasteiger partial charge is 0.306 e. The molecule has 1 aromatic rings. The molecule has 0 fully saturated rings. The molecule has 0 radical (unpaired) electrons. The minimum atomic E-state index is -0.270. The Labute approximate surface area is 186 Å². The molecule has 3 nitrogen and oxygen atoms in total. The van der Waals surface area contributed by atoms with E-state index in [1.165, 1.54) is 64.2 Å². The van der Waals surface area contributed by atoms with Gasteiger partial charge in [0.25, 0.3) is 0 Å². The van der Waals surface area contributed by atoms with Crippen LogP contribution in [0.1, 0.15) is 108 Å². The maximum absolute atomic E-state index is 12.0. The van der Waals surface area contributed by atoms with Gasteiger partial charge in [-0.25, -0.2) is 0 Å². The third-order valence-electron chi connectivity index (χ3n) is 5.19. The van der Waals surface area contributed by atoms with E-state index in [2.05, 4.69) is 29.8 Å². The van der Waals surface area contributed by atoms with Crippen LogP contribution in [0.4, 0.5) is 0 Å². The Morgan fingerprint density at radius 3 is 1.79 bits per heavy atom. The minimum Gasteiger partial charge on any atom is -0.457 e. The summed E-state index contributed by atoms with van der Waals surface area (Å²) in [6.45, 7) is 4.43. The highest BCUT2D eigenvalue weighted by Crippen LogP contribution is 2.14. The van der Waals surface area contributed by atoms with Crippen molar-refractivity contribution in [2.45, 2.75) is 97.3 Å². The van der Waals surface area contributed by atoms with Crippen LogP contribution in [0, 0.1) is 5.92 Å². The predicted molar refractivity (Wildman–Crippen MR) is 124 cm³/mol. The summed E-state index contributed by atoms with van der Waals surface area (Å²) in [5.74, 6) is 0.412. The van der Waals surface area contributed by atoms with Gasteiger partial charge in [-0.3, -0.25) is 9.59 Å². The van der Waals surface area contributed by atoms with E-state index in [0.717, 1.165) is 23.2 Å². The van der Waals surface area contributed by atoms with Crippen LogP contribution < -0.4 is 0 Å². The molecular formula is C25H39BrO3. The first-order valence-electron chi connectivity index (χ1n) is 11.4. The fraction of sp³-hybridized carbons (Fsp3) is 0.680. The molecule has 0 aromatic heterocycles. The third kappa shape index (κ3) is 14.5. The molecule has 164 valence electrons. The summed E-state index contributed by atoms with van der Waals surface area (Å²) in [6, 6.07) is 7.08. The minimum absolute atomic E-state index is 0.161. The van der Waals surface area contributed by atoms with E-state index in [9.17, 15) is 9.59 Å². The average molecular weight is 467 g/mol. The highest BCUT2D eigenvalue weighted by molar-refractivity contribution is 9.10. The van der Waals surface area contributed by atoms with Crippen LogP contribution in [0.2, 0.25) is 0 Å². The van der Waals surface area contributed by atoms with Crippen molar-refractivity contribution in [3.05, 3.63) is 34.3 Å². The molecule has 0 bridgehead atoms. The van der Waals surface area contributed by atoms with E-state index >= 15 is 0 Å². The lowest BCUT2D eigenvalue weighted by Crippen LogP contribution is -2.13. The number of carbonyl (C=O) groups excluding carboxylic acids is 2. The summed E-state index contributed by atoms with van der Waals surface area (Å²) in [5, 5.41) is 0. The van der Waals surface area contributed by atoms with Gasteiger partial charge in [-0.1, -0.05) is 113 Å². The van der Waals surface area contributed by atoms with Crippen molar-refractivity contribution in [1.82, 2.24) is 0 Å². The first-order chi connectivity index (χ1) is 14.0. The van der Waals surface area contributed by atoms with E-state index in [1.54, 1.807) is 12.1 Å². The fourth-order valence-electron chi connectivity index (χ4n) is 3.35. The molecule has 4 heteroatoms. The molecule has 0 amide bonds. The van der Waals surface area contributed by atoms with E-state index in [1.807, 2.05) is 12.1 Å². The van der Waals surface area contributed by atoms with Crippen molar-refractivity contribution < 1.29 is 14.3 Å². The van der Waals surface area contributed by atoms with Crippen molar-refractivity contribution in [3.63, 3.8) is 0 Å². The van der Waals surface area contributed by atoms with Gasteiger partial charge in [-0.15, -0.1) is 0 Å². The Kier molecular flexibility index (Phi) is 14.8. The normalized spacial score (nSPS) is 11.0. The van der Waals surface area contributed by atoms with Crippen molar-refractivity contribution in [3.8, 4) is 0 Å². The van der Waals surface area contributed by atoms with Gasteiger partial charge in [0, 0.05) is 16.5 Å². The summed E-state index contributed by atoms with van der Waals surface area (Å²) in [6.07, 6.45) is 15.7. The van der Waals surface area contributed by atoms with Crippen LogP contribution in [0.3, 0.4) is 0 Å². The fourth-order valence-corrected chi connectivity index (χ4v) is 3.61. The molecular weight excluding hydrogens is 428 g/mol. The number of halogens is 1. The molecule has 0 unspecified atom stereocenters. The quantitative estimate of drug-likeness (QED) is 0.133. The van der Waals surface area contributed by atoms with E-state index in [4.69, 9.17) is 4.74 Å². The number of carbonyl (C=O) groups is 2. The van der Waals surface area contributed by atoms with Crippen molar-refractivity contribution in [2.24, 2.45) is 5.92 Å². The number of ketones is 1. The van der Waals surface area contributed by atoms with Gasteiger partial charge in [0.05, 0.1) is 0 Å². The second-order valence-corrected chi connectivity index (χ2v) is 9.33. The molecule has 29 heavy (non-hydrogen) atoms. The second kappa shape index (κ2) is 16.6.